The Balaban J connectivity index is 1.84. The topological polar surface area (TPSA) is 114 Å². The summed E-state index contributed by atoms with van der Waals surface area (Å²) in [6.45, 7) is 0.769. The number of fused-ring (bicyclic) bond motifs is 1. The predicted molar refractivity (Wildman–Crippen MR) is 77.8 cm³/mol. The van der Waals surface area contributed by atoms with E-state index >= 15 is 0 Å². The van der Waals surface area contributed by atoms with Gasteiger partial charge >= 0.3 is 0 Å². The maximum atomic E-state index is 8.99. The summed E-state index contributed by atoms with van der Waals surface area (Å²) in [4.78, 5) is 7.59. The molecule has 0 aliphatic rings. The summed E-state index contributed by atoms with van der Waals surface area (Å²) < 4.78 is 1.64. The third-order valence-corrected chi connectivity index (χ3v) is 3.21. The highest BCUT2D eigenvalue weighted by molar-refractivity contribution is 5.79. The molecule has 0 saturated heterocycles. The van der Waals surface area contributed by atoms with E-state index in [9.17, 15) is 0 Å². The zero-order chi connectivity index (χ0) is 15.4. The lowest BCUT2D eigenvalue weighted by Gasteiger charge is -2.04. The summed E-state index contributed by atoms with van der Waals surface area (Å²) in [6, 6.07) is 9.75. The quantitative estimate of drug-likeness (QED) is 0.547. The van der Waals surface area contributed by atoms with Gasteiger partial charge in [0.15, 0.2) is 0 Å². The molecule has 0 saturated carbocycles. The van der Waals surface area contributed by atoms with Crippen molar-refractivity contribution in [1.82, 2.24) is 24.9 Å². The summed E-state index contributed by atoms with van der Waals surface area (Å²) in [5, 5.41) is 21.4. The molecule has 8 heteroatoms. The van der Waals surface area contributed by atoms with Crippen LogP contribution in [0.25, 0.3) is 10.9 Å². The van der Waals surface area contributed by atoms with Crippen molar-refractivity contribution >= 4 is 10.9 Å². The predicted octanol–water partition coefficient (Wildman–Crippen LogP) is 1.42. The minimum Gasteiger partial charge on any atom is -0.390 e. The molecule has 3 rings (SSSR count). The number of aromatic nitrogens is 4. The highest BCUT2D eigenvalue weighted by Crippen LogP contribution is 2.16. The summed E-state index contributed by atoms with van der Waals surface area (Å²) in [7, 11) is 0. The van der Waals surface area contributed by atoms with Gasteiger partial charge in [-0.3, -0.25) is 4.98 Å². The van der Waals surface area contributed by atoms with Crippen LogP contribution in [0.3, 0.4) is 0 Å². The molecule has 22 heavy (non-hydrogen) atoms. The Morgan fingerprint density at radius 1 is 1.23 bits per heavy atom. The van der Waals surface area contributed by atoms with Gasteiger partial charge in [0.05, 0.1) is 30.6 Å². The molecule has 0 amide bonds. The fourth-order valence-electron chi connectivity index (χ4n) is 2.17. The fraction of sp³-hybridized carbons (Fsp3) is 0.214. The lowest BCUT2D eigenvalue weighted by Crippen LogP contribution is -2.02. The van der Waals surface area contributed by atoms with Crippen molar-refractivity contribution in [3.05, 3.63) is 53.5 Å². The second-order valence-corrected chi connectivity index (χ2v) is 4.79. The first-order chi connectivity index (χ1) is 10.8. The van der Waals surface area contributed by atoms with Gasteiger partial charge in [-0.25, -0.2) is 4.68 Å². The monoisotopic (exact) mass is 296 g/mol. The molecular weight excluding hydrogens is 282 g/mol. The molecule has 110 valence electrons. The smallest absolute Gasteiger partial charge is 0.214 e. The van der Waals surface area contributed by atoms with E-state index in [2.05, 4.69) is 25.3 Å². The number of aliphatic hydroxyl groups is 1. The zero-order valence-electron chi connectivity index (χ0n) is 11.7. The van der Waals surface area contributed by atoms with Gasteiger partial charge in [0.2, 0.25) is 4.91 Å². The molecule has 0 fully saturated rings. The van der Waals surface area contributed by atoms with Crippen LogP contribution >= 0.6 is 0 Å². The second-order valence-electron chi connectivity index (χ2n) is 4.79. The summed E-state index contributed by atoms with van der Waals surface area (Å²) >= 11 is 0. The number of pyridine rings is 1. The van der Waals surface area contributed by atoms with Gasteiger partial charge in [-0.05, 0) is 23.8 Å². The molecule has 0 spiro atoms. The van der Waals surface area contributed by atoms with E-state index in [0.29, 0.717) is 18.8 Å². The van der Waals surface area contributed by atoms with Crippen LogP contribution in [0, 0.1) is 5.53 Å². The van der Waals surface area contributed by atoms with E-state index in [1.807, 2.05) is 30.3 Å². The molecule has 0 aliphatic carbocycles. The molecule has 1 aromatic carbocycles. The number of hydrogen-bond acceptors (Lipinski definition) is 6. The second kappa shape index (κ2) is 6.21. The molecule has 3 aromatic rings. The van der Waals surface area contributed by atoms with Crippen LogP contribution in [-0.2, 0) is 19.7 Å². The SMILES string of the molecule is N=[N+]=NCc1ccc2nc(Cn3cc(CO)nn3)ccc2c1. The largest absolute Gasteiger partial charge is 0.390 e. The molecule has 0 unspecified atom stereocenters. The van der Waals surface area contributed by atoms with E-state index in [1.165, 1.54) is 0 Å². The molecule has 8 nitrogen and oxygen atoms in total. The first-order valence-corrected chi connectivity index (χ1v) is 6.70. The Bertz CT molecular complexity index is 851. The molecule has 0 atom stereocenters. The minimum atomic E-state index is -0.121. The van der Waals surface area contributed by atoms with Crippen molar-refractivity contribution in [2.24, 2.45) is 5.11 Å². The van der Waals surface area contributed by atoms with E-state index in [-0.39, 0.29) is 6.61 Å². The normalized spacial score (nSPS) is 10.6. The Kier molecular flexibility index (Phi) is 3.95. The van der Waals surface area contributed by atoms with Gasteiger partial charge < -0.3 is 5.11 Å². The molecule has 0 radical (unpaired) electrons. The number of nitrogens with one attached hydrogen (secondary N) is 1. The summed E-state index contributed by atoms with van der Waals surface area (Å²) in [5.74, 6) is 0. The minimum absolute atomic E-state index is 0.121. The average Bonchev–Trinajstić information content (AvgIpc) is 3.00. The average molecular weight is 296 g/mol. The lowest BCUT2D eigenvalue weighted by molar-refractivity contribution is 0.276. The van der Waals surface area contributed by atoms with Gasteiger partial charge in [0, 0.05) is 5.39 Å². The van der Waals surface area contributed by atoms with Crippen LogP contribution in [0.1, 0.15) is 17.0 Å². The molecular formula is C14H14N7O+. The summed E-state index contributed by atoms with van der Waals surface area (Å²) in [6.07, 6.45) is 1.70. The van der Waals surface area contributed by atoms with Crippen LogP contribution in [0.15, 0.2) is 41.6 Å². The van der Waals surface area contributed by atoms with E-state index in [1.54, 1.807) is 10.9 Å². The van der Waals surface area contributed by atoms with E-state index in [0.717, 1.165) is 22.2 Å². The van der Waals surface area contributed by atoms with Crippen LogP contribution in [0.4, 0.5) is 0 Å². The van der Waals surface area contributed by atoms with Crippen LogP contribution in [0.5, 0.6) is 0 Å². The molecule has 2 heterocycles. The van der Waals surface area contributed by atoms with Crippen molar-refractivity contribution in [2.75, 3.05) is 0 Å². The number of benzene rings is 1. The molecule has 0 bridgehead atoms. The highest BCUT2D eigenvalue weighted by atomic mass is 16.3. The van der Waals surface area contributed by atoms with Crippen LogP contribution < -0.4 is 4.91 Å². The van der Waals surface area contributed by atoms with Crippen LogP contribution in [-0.4, -0.2) is 25.1 Å². The number of rotatable bonds is 5. The van der Waals surface area contributed by atoms with E-state index in [4.69, 9.17) is 10.6 Å². The van der Waals surface area contributed by atoms with Gasteiger partial charge in [0.25, 0.3) is 0 Å². The highest BCUT2D eigenvalue weighted by Gasteiger charge is 2.04. The Morgan fingerprint density at radius 2 is 2.14 bits per heavy atom. The molecule has 2 aromatic heterocycles. The van der Waals surface area contributed by atoms with Crippen molar-refractivity contribution in [2.45, 2.75) is 19.7 Å². The fourth-order valence-corrected chi connectivity index (χ4v) is 2.17. The number of nitrogens with zero attached hydrogens (tertiary/aromatic N) is 6. The van der Waals surface area contributed by atoms with Crippen molar-refractivity contribution in [3.63, 3.8) is 0 Å². The van der Waals surface area contributed by atoms with Gasteiger partial charge in [-0.15, -0.1) is 5.10 Å². The third kappa shape index (κ3) is 3.03. The zero-order valence-corrected chi connectivity index (χ0v) is 11.7. The van der Waals surface area contributed by atoms with E-state index < -0.39 is 0 Å². The van der Waals surface area contributed by atoms with Gasteiger partial charge in [-0.1, -0.05) is 17.3 Å². The van der Waals surface area contributed by atoms with Crippen LogP contribution in [0.2, 0.25) is 0 Å². The number of aliphatic hydroxyl groups excluding tert-OH is 1. The first-order valence-electron chi connectivity index (χ1n) is 6.70. The van der Waals surface area contributed by atoms with Crippen molar-refractivity contribution in [1.29, 1.82) is 5.53 Å². The third-order valence-electron chi connectivity index (χ3n) is 3.21. The van der Waals surface area contributed by atoms with Gasteiger partial charge in [0.1, 0.15) is 22.9 Å². The van der Waals surface area contributed by atoms with Crippen molar-refractivity contribution in [3.8, 4) is 0 Å². The molecule has 2 N–H and O–H groups in total. The number of hydrogen-bond donors (Lipinski definition) is 2. The maximum Gasteiger partial charge on any atom is 0.214 e. The molecule has 0 aliphatic heterocycles. The first kappa shape index (κ1) is 14.0. The summed E-state index contributed by atoms with van der Waals surface area (Å²) in [5.41, 5.74) is 9.95. The standard InChI is InChI=1S/C14H14N7O/c15-19-16-6-10-1-4-14-11(5-10)2-3-12(17-14)7-21-8-13(9-22)18-20-21/h1-5,8,15,22H,6-7,9H2/q+1. The lowest BCUT2D eigenvalue weighted by atomic mass is 10.1. The van der Waals surface area contributed by atoms with Gasteiger partial charge in [-0.2, -0.15) is 0 Å². The Labute approximate surface area is 125 Å². The van der Waals surface area contributed by atoms with Crippen molar-refractivity contribution < 1.29 is 5.11 Å². The Hall–Kier alpha value is -2.96. The maximum absolute atomic E-state index is 8.99. The Morgan fingerprint density at radius 3 is 2.91 bits per heavy atom.